The molecule has 2 N–H and O–H groups in total. The molecule has 0 bridgehead atoms. The molecule has 1 aromatic rings. The van der Waals surface area contributed by atoms with E-state index in [1.54, 1.807) is 31.2 Å². The number of ether oxygens (including phenoxy) is 1. The number of amides is 3. The number of hydrogen-bond acceptors (Lipinski definition) is 4. The van der Waals surface area contributed by atoms with E-state index in [2.05, 4.69) is 10.6 Å². The first-order chi connectivity index (χ1) is 11.9. The Morgan fingerprint density at radius 1 is 1.48 bits per heavy atom. The van der Waals surface area contributed by atoms with E-state index in [1.165, 1.54) is 4.90 Å². The summed E-state index contributed by atoms with van der Waals surface area (Å²) in [6.07, 6.45) is 0.272. The zero-order valence-electron chi connectivity index (χ0n) is 14.3. The lowest BCUT2D eigenvalue weighted by Gasteiger charge is -2.34. The number of benzene rings is 1. The van der Waals surface area contributed by atoms with E-state index in [0.717, 1.165) is 0 Å². The number of halogens is 1. The van der Waals surface area contributed by atoms with Crippen molar-refractivity contribution in [3.8, 4) is 0 Å². The lowest BCUT2D eigenvalue weighted by molar-refractivity contribution is -0.151. The first-order valence-electron chi connectivity index (χ1n) is 8.21. The number of hydrogen-bond donors (Lipinski definition) is 2. The number of nitrogens with one attached hydrogen (secondary N) is 2. The standard InChI is InChI=1S/C17H22ClN3O4/c1-3-11(2)25-15(22)10-14-16(23)19-7-8-21(14)17(24)20-13-6-4-5-12(18)9-13/h4-6,9,11,14H,3,7-8,10H2,1-2H3,(H,19,23)(H,20,24). The predicted molar refractivity (Wildman–Crippen MR) is 94.4 cm³/mol. The van der Waals surface area contributed by atoms with E-state index in [-0.39, 0.29) is 18.4 Å². The lowest BCUT2D eigenvalue weighted by Crippen LogP contribution is -2.58. The van der Waals surface area contributed by atoms with Gasteiger partial charge in [-0.3, -0.25) is 9.59 Å². The van der Waals surface area contributed by atoms with Crippen LogP contribution in [0.3, 0.4) is 0 Å². The maximum Gasteiger partial charge on any atom is 0.322 e. The van der Waals surface area contributed by atoms with E-state index in [9.17, 15) is 14.4 Å². The molecule has 2 atom stereocenters. The molecular weight excluding hydrogens is 346 g/mol. The number of esters is 1. The van der Waals surface area contributed by atoms with Crippen LogP contribution in [0.25, 0.3) is 0 Å². The van der Waals surface area contributed by atoms with E-state index < -0.39 is 18.0 Å². The van der Waals surface area contributed by atoms with Crippen molar-refractivity contribution < 1.29 is 19.1 Å². The Bertz CT molecular complexity index is 653. The molecule has 136 valence electrons. The molecule has 0 radical (unpaired) electrons. The average Bonchev–Trinajstić information content (AvgIpc) is 2.56. The van der Waals surface area contributed by atoms with E-state index in [4.69, 9.17) is 16.3 Å². The number of piperazine rings is 1. The average molecular weight is 368 g/mol. The normalized spacial score (nSPS) is 18.3. The van der Waals surface area contributed by atoms with Crippen molar-refractivity contribution in [3.05, 3.63) is 29.3 Å². The summed E-state index contributed by atoms with van der Waals surface area (Å²) in [7, 11) is 0. The minimum absolute atomic E-state index is 0.181. The van der Waals surface area contributed by atoms with Crippen molar-refractivity contribution in [2.24, 2.45) is 0 Å². The molecule has 25 heavy (non-hydrogen) atoms. The topological polar surface area (TPSA) is 87.7 Å². The van der Waals surface area contributed by atoms with Gasteiger partial charge in [-0.1, -0.05) is 24.6 Å². The number of urea groups is 1. The molecule has 7 nitrogen and oxygen atoms in total. The summed E-state index contributed by atoms with van der Waals surface area (Å²) in [5, 5.41) is 5.86. The van der Waals surface area contributed by atoms with E-state index in [1.807, 2.05) is 6.92 Å². The molecule has 0 aliphatic carbocycles. The highest BCUT2D eigenvalue weighted by atomic mass is 35.5. The molecule has 0 saturated carbocycles. The molecule has 3 amide bonds. The lowest BCUT2D eigenvalue weighted by atomic mass is 10.1. The number of anilines is 1. The first-order valence-corrected chi connectivity index (χ1v) is 8.59. The molecule has 1 heterocycles. The third-order valence-corrected chi connectivity index (χ3v) is 4.17. The molecule has 1 aliphatic heterocycles. The van der Waals surface area contributed by atoms with Gasteiger partial charge in [0.25, 0.3) is 0 Å². The molecule has 1 aliphatic rings. The smallest absolute Gasteiger partial charge is 0.322 e. The maximum atomic E-state index is 12.5. The highest BCUT2D eigenvalue weighted by Crippen LogP contribution is 2.17. The van der Waals surface area contributed by atoms with Gasteiger partial charge in [0.15, 0.2) is 0 Å². The Hall–Kier alpha value is -2.28. The van der Waals surface area contributed by atoms with Crippen molar-refractivity contribution in [2.75, 3.05) is 18.4 Å². The van der Waals surface area contributed by atoms with Crippen molar-refractivity contribution >= 4 is 35.2 Å². The van der Waals surface area contributed by atoms with Crippen molar-refractivity contribution in [3.63, 3.8) is 0 Å². The van der Waals surface area contributed by atoms with Crippen LogP contribution in [-0.2, 0) is 14.3 Å². The van der Waals surface area contributed by atoms with Gasteiger partial charge in [-0.25, -0.2) is 4.79 Å². The Kier molecular flexibility index (Phi) is 6.64. The van der Waals surface area contributed by atoms with Crippen molar-refractivity contribution in [1.82, 2.24) is 10.2 Å². The molecule has 0 aromatic heterocycles. The van der Waals surface area contributed by atoms with Gasteiger partial charge < -0.3 is 20.3 Å². The molecule has 1 fully saturated rings. The SMILES string of the molecule is CCC(C)OC(=O)CC1C(=O)NCCN1C(=O)Nc1cccc(Cl)c1. The predicted octanol–water partition coefficient (Wildman–Crippen LogP) is 2.40. The van der Waals surface area contributed by atoms with Crippen LogP contribution in [0.15, 0.2) is 24.3 Å². The largest absolute Gasteiger partial charge is 0.463 e. The van der Waals surface area contributed by atoms with Crippen LogP contribution in [0.2, 0.25) is 5.02 Å². The molecule has 8 heteroatoms. The second-order valence-electron chi connectivity index (χ2n) is 5.85. The van der Waals surface area contributed by atoms with Gasteiger partial charge in [-0.15, -0.1) is 0 Å². The monoisotopic (exact) mass is 367 g/mol. The first kappa shape index (κ1) is 19.1. The van der Waals surface area contributed by atoms with Gasteiger partial charge in [-0.2, -0.15) is 0 Å². The summed E-state index contributed by atoms with van der Waals surface area (Å²) in [6.45, 7) is 4.32. The Labute approximate surface area is 151 Å². The number of carbonyl (C=O) groups excluding carboxylic acids is 3. The van der Waals surface area contributed by atoms with Crippen LogP contribution in [0.4, 0.5) is 10.5 Å². The molecule has 1 aromatic carbocycles. The molecule has 2 unspecified atom stereocenters. The second-order valence-corrected chi connectivity index (χ2v) is 6.29. The Balaban J connectivity index is 2.06. The molecular formula is C17H22ClN3O4. The Morgan fingerprint density at radius 3 is 2.92 bits per heavy atom. The quantitative estimate of drug-likeness (QED) is 0.782. The van der Waals surface area contributed by atoms with Crippen LogP contribution in [0, 0.1) is 0 Å². The molecule has 2 rings (SSSR count). The molecule has 0 spiro atoms. The van der Waals surface area contributed by atoms with Gasteiger partial charge >= 0.3 is 12.0 Å². The van der Waals surface area contributed by atoms with Crippen LogP contribution in [0.5, 0.6) is 0 Å². The fraction of sp³-hybridized carbons (Fsp3) is 0.471. The fourth-order valence-corrected chi connectivity index (χ4v) is 2.63. The van der Waals surface area contributed by atoms with Crippen LogP contribution >= 0.6 is 11.6 Å². The summed E-state index contributed by atoms with van der Waals surface area (Å²) in [5.41, 5.74) is 0.518. The van der Waals surface area contributed by atoms with Gasteiger partial charge in [0.2, 0.25) is 5.91 Å². The third-order valence-electron chi connectivity index (χ3n) is 3.94. The third kappa shape index (κ3) is 5.35. The van der Waals surface area contributed by atoms with Gasteiger partial charge in [0.1, 0.15) is 6.04 Å². The zero-order chi connectivity index (χ0) is 18.4. The maximum absolute atomic E-state index is 12.5. The summed E-state index contributed by atoms with van der Waals surface area (Å²) >= 11 is 5.91. The van der Waals surface area contributed by atoms with Crippen LogP contribution in [0.1, 0.15) is 26.7 Å². The number of rotatable bonds is 5. The minimum atomic E-state index is -0.899. The van der Waals surface area contributed by atoms with Crippen LogP contribution in [-0.4, -0.2) is 48.0 Å². The van der Waals surface area contributed by atoms with E-state index in [0.29, 0.717) is 30.2 Å². The van der Waals surface area contributed by atoms with Gasteiger partial charge in [0.05, 0.1) is 12.5 Å². The highest BCUT2D eigenvalue weighted by Gasteiger charge is 2.35. The second kappa shape index (κ2) is 8.71. The number of carbonyl (C=O) groups is 3. The number of nitrogens with zero attached hydrogens (tertiary/aromatic N) is 1. The van der Waals surface area contributed by atoms with E-state index >= 15 is 0 Å². The zero-order valence-corrected chi connectivity index (χ0v) is 15.0. The molecule has 1 saturated heterocycles. The summed E-state index contributed by atoms with van der Waals surface area (Å²) in [5.74, 6) is -0.870. The Morgan fingerprint density at radius 2 is 2.24 bits per heavy atom. The fourth-order valence-electron chi connectivity index (χ4n) is 2.44. The van der Waals surface area contributed by atoms with Crippen LogP contribution < -0.4 is 10.6 Å². The summed E-state index contributed by atoms with van der Waals surface area (Å²) in [4.78, 5) is 38.0. The van der Waals surface area contributed by atoms with Crippen molar-refractivity contribution in [2.45, 2.75) is 38.8 Å². The summed E-state index contributed by atoms with van der Waals surface area (Å²) in [6, 6.07) is 5.35. The minimum Gasteiger partial charge on any atom is -0.463 e. The van der Waals surface area contributed by atoms with Crippen molar-refractivity contribution in [1.29, 1.82) is 0 Å². The summed E-state index contributed by atoms with van der Waals surface area (Å²) < 4.78 is 5.22. The van der Waals surface area contributed by atoms with Gasteiger partial charge in [0, 0.05) is 23.8 Å². The highest BCUT2D eigenvalue weighted by molar-refractivity contribution is 6.30. The van der Waals surface area contributed by atoms with Gasteiger partial charge in [-0.05, 0) is 31.5 Å².